The van der Waals surface area contributed by atoms with Crippen molar-refractivity contribution >= 4 is 11.8 Å². The van der Waals surface area contributed by atoms with Crippen LogP contribution in [-0.2, 0) is 14.3 Å². The number of esters is 1. The van der Waals surface area contributed by atoms with Gasteiger partial charge in [-0.1, -0.05) is 6.42 Å². The summed E-state index contributed by atoms with van der Waals surface area (Å²) < 4.78 is 4.78. The Balaban J connectivity index is 2.31. The molecule has 4 nitrogen and oxygen atoms in total. The molecule has 0 aromatic heterocycles. The highest BCUT2D eigenvalue weighted by atomic mass is 16.5. The number of hydrogen-bond donors (Lipinski definition) is 1. The lowest BCUT2D eigenvalue weighted by Gasteiger charge is -2.32. The van der Waals surface area contributed by atoms with E-state index in [1.54, 1.807) is 6.92 Å². The lowest BCUT2D eigenvalue weighted by molar-refractivity contribution is -0.151. The number of ketones is 1. The zero-order chi connectivity index (χ0) is 12.6. The Bertz CT molecular complexity index is 383. The van der Waals surface area contributed by atoms with Crippen molar-refractivity contribution in [3.63, 3.8) is 0 Å². The quantitative estimate of drug-likeness (QED) is 0.731. The van der Waals surface area contributed by atoms with Gasteiger partial charge in [0.25, 0.3) is 0 Å². The summed E-state index contributed by atoms with van der Waals surface area (Å²) in [5.74, 6) is -0.844. The number of ether oxygens (including phenoxy) is 1. The number of methoxy groups -OCH3 is 1. The molecule has 0 radical (unpaired) electrons. The molecule has 0 aromatic carbocycles. The van der Waals surface area contributed by atoms with Gasteiger partial charge in [-0.15, -0.1) is 0 Å². The van der Waals surface area contributed by atoms with E-state index in [-0.39, 0.29) is 36.1 Å². The molecule has 2 rings (SSSR count). The van der Waals surface area contributed by atoms with Crippen molar-refractivity contribution in [3.8, 4) is 0 Å². The molecule has 0 bridgehead atoms. The summed E-state index contributed by atoms with van der Waals surface area (Å²) in [6.07, 6.45) is 2.51. The van der Waals surface area contributed by atoms with E-state index in [2.05, 4.69) is 0 Å². The second kappa shape index (κ2) is 4.61. The molecule has 1 saturated carbocycles. The number of carbonyl (C=O) groups is 2. The van der Waals surface area contributed by atoms with E-state index in [1.807, 2.05) is 0 Å². The fraction of sp³-hybridized carbons (Fsp3) is 0.692. The standard InChI is InChI=1S/C13H18O4/c1-7-10(6-14)8-4-3-5-9(13(16)17-2)11(8)12(7)15/h8-9,11,14H,3-6H2,1-2H3. The average molecular weight is 238 g/mol. The van der Waals surface area contributed by atoms with Crippen molar-refractivity contribution < 1.29 is 19.4 Å². The highest BCUT2D eigenvalue weighted by Gasteiger charge is 2.48. The largest absolute Gasteiger partial charge is 0.469 e. The van der Waals surface area contributed by atoms with Gasteiger partial charge in [0.2, 0.25) is 0 Å². The molecular formula is C13H18O4. The number of carbonyl (C=O) groups excluding carboxylic acids is 2. The van der Waals surface area contributed by atoms with Crippen LogP contribution in [0.25, 0.3) is 0 Å². The first-order valence-electron chi connectivity index (χ1n) is 6.04. The Morgan fingerprint density at radius 3 is 2.76 bits per heavy atom. The zero-order valence-corrected chi connectivity index (χ0v) is 10.2. The van der Waals surface area contributed by atoms with E-state index in [0.717, 1.165) is 18.4 Å². The molecule has 4 heteroatoms. The smallest absolute Gasteiger partial charge is 0.309 e. The molecule has 2 aliphatic carbocycles. The van der Waals surface area contributed by atoms with Crippen LogP contribution < -0.4 is 0 Å². The van der Waals surface area contributed by atoms with Gasteiger partial charge in [0.05, 0.1) is 19.6 Å². The molecule has 1 N–H and O–H groups in total. The van der Waals surface area contributed by atoms with E-state index < -0.39 is 0 Å². The van der Waals surface area contributed by atoms with Crippen LogP contribution in [0.15, 0.2) is 11.1 Å². The van der Waals surface area contributed by atoms with E-state index >= 15 is 0 Å². The van der Waals surface area contributed by atoms with E-state index in [1.165, 1.54) is 7.11 Å². The monoisotopic (exact) mass is 238 g/mol. The summed E-state index contributed by atoms with van der Waals surface area (Å²) in [5, 5.41) is 9.35. The SMILES string of the molecule is COC(=O)C1CCCC2C(CO)=C(C)C(=O)C12. The Hall–Kier alpha value is -1.16. The number of aliphatic hydroxyl groups is 1. The van der Waals surface area contributed by atoms with Gasteiger partial charge in [0, 0.05) is 5.92 Å². The molecule has 17 heavy (non-hydrogen) atoms. The predicted octanol–water partition coefficient (Wildman–Crippen LogP) is 1.08. The second-order valence-electron chi connectivity index (χ2n) is 4.87. The highest BCUT2D eigenvalue weighted by Crippen LogP contribution is 2.46. The minimum atomic E-state index is -0.328. The Morgan fingerprint density at radius 1 is 1.47 bits per heavy atom. The number of rotatable bonds is 2. The molecule has 1 fully saturated rings. The summed E-state index contributed by atoms with van der Waals surface area (Å²) >= 11 is 0. The summed E-state index contributed by atoms with van der Waals surface area (Å²) in [6, 6.07) is 0. The average Bonchev–Trinajstić information content (AvgIpc) is 2.61. The molecule has 94 valence electrons. The van der Waals surface area contributed by atoms with Crippen LogP contribution in [0.3, 0.4) is 0 Å². The first-order chi connectivity index (χ1) is 8.11. The van der Waals surface area contributed by atoms with Crippen molar-refractivity contribution in [2.24, 2.45) is 17.8 Å². The predicted molar refractivity (Wildman–Crippen MR) is 61.1 cm³/mol. The molecular weight excluding hydrogens is 220 g/mol. The van der Waals surface area contributed by atoms with Crippen LogP contribution in [0.4, 0.5) is 0 Å². The molecule has 0 spiro atoms. The Kier molecular flexibility index (Phi) is 3.33. The summed E-state index contributed by atoms with van der Waals surface area (Å²) in [5.41, 5.74) is 1.48. The Labute approximate surface area is 101 Å². The van der Waals surface area contributed by atoms with Crippen molar-refractivity contribution in [1.82, 2.24) is 0 Å². The highest BCUT2D eigenvalue weighted by molar-refractivity contribution is 6.02. The fourth-order valence-electron chi connectivity index (χ4n) is 3.29. The maximum Gasteiger partial charge on any atom is 0.309 e. The van der Waals surface area contributed by atoms with Gasteiger partial charge in [-0.25, -0.2) is 0 Å². The van der Waals surface area contributed by atoms with Crippen LogP contribution in [-0.4, -0.2) is 30.6 Å². The summed E-state index contributed by atoms with van der Waals surface area (Å²) in [6.45, 7) is 1.67. The topological polar surface area (TPSA) is 63.6 Å². The fourth-order valence-corrected chi connectivity index (χ4v) is 3.29. The van der Waals surface area contributed by atoms with Crippen molar-refractivity contribution in [2.45, 2.75) is 26.2 Å². The normalized spacial score (nSPS) is 32.6. The van der Waals surface area contributed by atoms with E-state index in [4.69, 9.17) is 4.74 Å². The van der Waals surface area contributed by atoms with Gasteiger partial charge in [0.15, 0.2) is 5.78 Å². The van der Waals surface area contributed by atoms with Gasteiger partial charge in [-0.2, -0.15) is 0 Å². The number of Topliss-reactive ketones (excluding diaryl/α,β-unsaturated/α-hetero) is 1. The van der Waals surface area contributed by atoms with Crippen molar-refractivity contribution in [2.75, 3.05) is 13.7 Å². The second-order valence-corrected chi connectivity index (χ2v) is 4.87. The van der Waals surface area contributed by atoms with Gasteiger partial charge in [-0.3, -0.25) is 9.59 Å². The Morgan fingerprint density at radius 2 is 2.18 bits per heavy atom. The van der Waals surface area contributed by atoms with Crippen LogP contribution in [0, 0.1) is 17.8 Å². The lowest BCUT2D eigenvalue weighted by Crippen LogP contribution is -2.36. The third-order valence-corrected chi connectivity index (χ3v) is 4.17. The van der Waals surface area contributed by atoms with Gasteiger partial charge in [-0.05, 0) is 36.8 Å². The molecule has 0 amide bonds. The molecule has 0 heterocycles. The van der Waals surface area contributed by atoms with Gasteiger partial charge >= 0.3 is 5.97 Å². The molecule has 0 aromatic rings. The first-order valence-corrected chi connectivity index (χ1v) is 6.04. The molecule has 2 aliphatic rings. The molecule has 3 unspecified atom stereocenters. The first kappa shape index (κ1) is 12.3. The summed E-state index contributed by atoms with van der Waals surface area (Å²) in [4.78, 5) is 23.9. The number of aliphatic hydroxyl groups excluding tert-OH is 1. The van der Waals surface area contributed by atoms with E-state index in [0.29, 0.717) is 12.0 Å². The zero-order valence-electron chi connectivity index (χ0n) is 10.2. The van der Waals surface area contributed by atoms with Gasteiger partial charge < -0.3 is 9.84 Å². The summed E-state index contributed by atoms with van der Waals surface area (Å²) in [7, 11) is 1.36. The lowest BCUT2D eigenvalue weighted by atomic mass is 9.71. The minimum absolute atomic E-state index is 0.0224. The van der Waals surface area contributed by atoms with E-state index in [9.17, 15) is 14.7 Å². The molecule has 3 atom stereocenters. The maximum absolute atomic E-state index is 12.2. The number of fused-ring (bicyclic) bond motifs is 1. The third kappa shape index (κ3) is 1.80. The van der Waals surface area contributed by atoms with Crippen LogP contribution in [0.2, 0.25) is 0 Å². The molecule has 0 saturated heterocycles. The molecule has 0 aliphatic heterocycles. The van der Waals surface area contributed by atoms with Crippen LogP contribution in [0.5, 0.6) is 0 Å². The minimum Gasteiger partial charge on any atom is -0.469 e. The third-order valence-electron chi connectivity index (χ3n) is 4.17. The maximum atomic E-state index is 12.2. The van der Waals surface area contributed by atoms with Crippen LogP contribution in [0.1, 0.15) is 26.2 Å². The number of allylic oxidation sites excluding steroid dienone is 1. The van der Waals surface area contributed by atoms with Crippen molar-refractivity contribution in [3.05, 3.63) is 11.1 Å². The van der Waals surface area contributed by atoms with Crippen molar-refractivity contribution in [1.29, 1.82) is 0 Å². The number of hydrogen-bond acceptors (Lipinski definition) is 4. The van der Waals surface area contributed by atoms with Crippen LogP contribution >= 0.6 is 0 Å². The van der Waals surface area contributed by atoms with Gasteiger partial charge in [0.1, 0.15) is 0 Å².